The highest BCUT2D eigenvalue weighted by Crippen LogP contribution is 2.39. The largest absolute Gasteiger partial charge is 0.495 e. The van der Waals surface area contributed by atoms with Gasteiger partial charge in [0.05, 0.1) is 25.1 Å². The Kier molecular flexibility index (Phi) is 4.68. The van der Waals surface area contributed by atoms with Crippen LogP contribution in [0.3, 0.4) is 0 Å². The molecule has 2 aromatic heterocycles. The van der Waals surface area contributed by atoms with Gasteiger partial charge in [0.2, 0.25) is 5.95 Å². The molecule has 0 spiro atoms. The number of benzene rings is 1. The molecular formula is C21H21FN4O2. The molecule has 1 aromatic carbocycles. The molecule has 6 nitrogen and oxygen atoms in total. The topological polar surface area (TPSA) is 80.2 Å². The summed E-state index contributed by atoms with van der Waals surface area (Å²) in [5.41, 5.74) is 3.79. The lowest BCUT2D eigenvalue weighted by atomic mass is 9.85. The van der Waals surface area contributed by atoms with Gasteiger partial charge in [0.15, 0.2) is 0 Å². The summed E-state index contributed by atoms with van der Waals surface area (Å²) >= 11 is 0. The maximum atomic E-state index is 13.6. The van der Waals surface area contributed by atoms with Crippen LogP contribution in [0.2, 0.25) is 0 Å². The maximum Gasteiger partial charge on any atom is 0.227 e. The van der Waals surface area contributed by atoms with E-state index < -0.39 is 0 Å². The van der Waals surface area contributed by atoms with E-state index in [0.29, 0.717) is 23.1 Å². The lowest BCUT2D eigenvalue weighted by molar-refractivity contribution is 0.206. The molecular weight excluding hydrogens is 359 g/mol. The molecule has 1 aliphatic carbocycles. The summed E-state index contributed by atoms with van der Waals surface area (Å²) in [6.45, 7) is 2.13. The van der Waals surface area contributed by atoms with Crippen molar-refractivity contribution in [3.05, 3.63) is 59.8 Å². The van der Waals surface area contributed by atoms with Gasteiger partial charge < -0.3 is 15.2 Å². The van der Waals surface area contributed by atoms with Gasteiger partial charge in [-0.3, -0.25) is 4.98 Å². The predicted octanol–water partition coefficient (Wildman–Crippen LogP) is 3.63. The number of aliphatic hydroxyl groups excluding tert-OH is 1. The fourth-order valence-corrected chi connectivity index (χ4v) is 3.53. The van der Waals surface area contributed by atoms with E-state index in [0.717, 1.165) is 29.7 Å². The van der Waals surface area contributed by atoms with Crippen LogP contribution in [0.4, 0.5) is 16.0 Å². The molecule has 2 heterocycles. The van der Waals surface area contributed by atoms with E-state index in [1.807, 2.05) is 13.0 Å². The average Bonchev–Trinajstić information content (AvgIpc) is 3.05. The summed E-state index contributed by atoms with van der Waals surface area (Å²) in [6, 6.07) is 8.04. The molecule has 0 amide bonds. The molecule has 0 aliphatic heterocycles. The normalized spacial score (nSPS) is 18.0. The first-order valence-electron chi connectivity index (χ1n) is 9.07. The van der Waals surface area contributed by atoms with Crippen molar-refractivity contribution >= 4 is 11.6 Å². The Bertz CT molecular complexity index is 1030. The molecule has 0 fully saturated rings. The molecule has 0 saturated carbocycles. The van der Waals surface area contributed by atoms with Crippen molar-refractivity contribution in [2.24, 2.45) is 0 Å². The first kappa shape index (κ1) is 18.3. The number of hydrogen-bond acceptors (Lipinski definition) is 6. The van der Waals surface area contributed by atoms with Crippen molar-refractivity contribution in [2.45, 2.75) is 25.2 Å². The van der Waals surface area contributed by atoms with Gasteiger partial charge >= 0.3 is 0 Å². The first-order valence-corrected chi connectivity index (χ1v) is 9.07. The number of aryl methyl sites for hydroxylation is 1. The summed E-state index contributed by atoms with van der Waals surface area (Å²) in [4.78, 5) is 13.3. The third-order valence-electron chi connectivity index (χ3n) is 5.24. The van der Waals surface area contributed by atoms with Crippen molar-refractivity contribution in [1.29, 1.82) is 0 Å². The van der Waals surface area contributed by atoms with Crippen LogP contribution < -0.4 is 10.1 Å². The number of rotatable bonds is 5. The van der Waals surface area contributed by atoms with E-state index in [-0.39, 0.29) is 17.8 Å². The molecule has 1 aliphatic rings. The number of hydrogen-bond donors (Lipinski definition) is 2. The van der Waals surface area contributed by atoms with E-state index in [1.54, 1.807) is 24.5 Å². The van der Waals surface area contributed by atoms with Gasteiger partial charge in [0, 0.05) is 35.1 Å². The van der Waals surface area contributed by atoms with Crippen molar-refractivity contribution in [3.63, 3.8) is 0 Å². The van der Waals surface area contributed by atoms with Gasteiger partial charge in [-0.05, 0) is 42.7 Å². The van der Waals surface area contributed by atoms with Gasteiger partial charge in [0.1, 0.15) is 11.6 Å². The minimum atomic E-state index is -0.384. The number of ether oxygens (including phenoxy) is 1. The third kappa shape index (κ3) is 3.29. The van der Waals surface area contributed by atoms with E-state index in [4.69, 9.17) is 4.74 Å². The second-order valence-electron chi connectivity index (χ2n) is 7.17. The SMILES string of the molecule is COc1ccc(F)cc1Nc1nccc(-c2cnc3c(c2)C(C)(CO)CC3)n1. The number of methoxy groups -OCH3 is 1. The van der Waals surface area contributed by atoms with Crippen LogP contribution in [0.1, 0.15) is 24.6 Å². The number of pyridine rings is 1. The van der Waals surface area contributed by atoms with E-state index in [2.05, 4.69) is 20.3 Å². The smallest absolute Gasteiger partial charge is 0.227 e. The molecule has 1 atom stereocenters. The first-order chi connectivity index (χ1) is 13.5. The van der Waals surface area contributed by atoms with Gasteiger partial charge in [0.25, 0.3) is 0 Å². The number of fused-ring (bicyclic) bond motifs is 1. The molecule has 3 aromatic rings. The van der Waals surface area contributed by atoms with Crippen LogP contribution in [0.25, 0.3) is 11.3 Å². The fraction of sp³-hybridized carbons (Fsp3) is 0.286. The second-order valence-corrected chi connectivity index (χ2v) is 7.17. The Morgan fingerprint density at radius 1 is 1.25 bits per heavy atom. The molecule has 28 heavy (non-hydrogen) atoms. The molecule has 7 heteroatoms. The predicted molar refractivity (Wildman–Crippen MR) is 104 cm³/mol. The van der Waals surface area contributed by atoms with Crippen molar-refractivity contribution in [2.75, 3.05) is 19.0 Å². The van der Waals surface area contributed by atoms with Crippen LogP contribution in [0, 0.1) is 5.82 Å². The van der Waals surface area contributed by atoms with Crippen LogP contribution in [-0.2, 0) is 11.8 Å². The maximum absolute atomic E-state index is 13.6. The number of nitrogens with one attached hydrogen (secondary N) is 1. The van der Waals surface area contributed by atoms with Crippen LogP contribution >= 0.6 is 0 Å². The summed E-state index contributed by atoms with van der Waals surface area (Å²) in [7, 11) is 1.52. The Balaban J connectivity index is 1.67. The van der Waals surface area contributed by atoms with Gasteiger partial charge in [-0.25, -0.2) is 14.4 Å². The van der Waals surface area contributed by atoms with Gasteiger partial charge in [-0.1, -0.05) is 6.92 Å². The Hall–Kier alpha value is -3.06. The lowest BCUT2D eigenvalue weighted by Crippen LogP contribution is -2.23. The summed E-state index contributed by atoms with van der Waals surface area (Å²) in [6.07, 6.45) is 5.17. The fourth-order valence-electron chi connectivity index (χ4n) is 3.53. The highest BCUT2D eigenvalue weighted by molar-refractivity contribution is 5.66. The summed E-state index contributed by atoms with van der Waals surface area (Å²) in [5.74, 6) is 0.436. The van der Waals surface area contributed by atoms with Gasteiger partial charge in [-0.2, -0.15) is 0 Å². The van der Waals surface area contributed by atoms with Gasteiger partial charge in [-0.15, -0.1) is 0 Å². The summed E-state index contributed by atoms with van der Waals surface area (Å²) < 4.78 is 18.9. The Morgan fingerprint density at radius 2 is 2.11 bits per heavy atom. The average molecular weight is 380 g/mol. The number of anilines is 2. The molecule has 0 saturated heterocycles. The minimum Gasteiger partial charge on any atom is -0.495 e. The Labute approximate surface area is 162 Å². The number of nitrogens with zero attached hydrogens (tertiary/aromatic N) is 3. The van der Waals surface area contributed by atoms with Crippen molar-refractivity contribution in [1.82, 2.24) is 15.0 Å². The Morgan fingerprint density at radius 3 is 2.89 bits per heavy atom. The van der Waals surface area contributed by atoms with Crippen LogP contribution in [0.5, 0.6) is 5.75 Å². The number of aliphatic hydroxyl groups is 1. The van der Waals surface area contributed by atoms with Crippen molar-refractivity contribution < 1.29 is 14.2 Å². The molecule has 1 unspecified atom stereocenters. The number of halogens is 1. The molecule has 2 N–H and O–H groups in total. The van der Waals surface area contributed by atoms with E-state index >= 15 is 0 Å². The van der Waals surface area contributed by atoms with Crippen LogP contribution in [0.15, 0.2) is 42.7 Å². The molecule has 144 valence electrons. The highest BCUT2D eigenvalue weighted by Gasteiger charge is 2.34. The summed E-state index contributed by atoms with van der Waals surface area (Å²) in [5, 5.41) is 12.8. The molecule has 0 bridgehead atoms. The standard InChI is InChI=1S/C21H21FN4O2/c1-21(12-27)7-5-17-15(21)9-13(11-24-17)16-6-8-23-20(25-16)26-18-10-14(22)3-4-19(18)28-2/h3-4,6,8-11,27H,5,7,12H2,1-2H3,(H,23,25,26). The zero-order chi connectivity index (χ0) is 19.7. The number of aromatic nitrogens is 3. The zero-order valence-electron chi connectivity index (χ0n) is 15.7. The third-order valence-corrected chi connectivity index (χ3v) is 5.24. The zero-order valence-corrected chi connectivity index (χ0v) is 15.7. The lowest BCUT2D eigenvalue weighted by Gasteiger charge is -2.22. The minimum absolute atomic E-state index is 0.0844. The quantitative estimate of drug-likeness (QED) is 0.704. The second kappa shape index (κ2) is 7.16. The molecule has 0 radical (unpaired) electrons. The highest BCUT2D eigenvalue weighted by atomic mass is 19.1. The van der Waals surface area contributed by atoms with E-state index in [1.165, 1.54) is 19.2 Å². The monoisotopic (exact) mass is 380 g/mol. The van der Waals surface area contributed by atoms with Crippen LogP contribution in [-0.4, -0.2) is 33.8 Å². The van der Waals surface area contributed by atoms with E-state index in [9.17, 15) is 9.50 Å². The molecule has 4 rings (SSSR count). The van der Waals surface area contributed by atoms with Crippen molar-refractivity contribution in [3.8, 4) is 17.0 Å².